The van der Waals surface area contributed by atoms with E-state index in [0.29, 0.717) is 11.4 Å². The molecule has 1 unspecified atom stereocenters. The Bertz CT molecular complexity index is 613. The van der Waals surface area contributed by atoms with Gasteiger partial charge in [0, 0.05) is 11.1 Å². The largest absolute Gasteiger partial charge is 0.313 e. The van der Waals surface area contributed by atoms with E-state index in [4.69, 9.17) is 11.6 Å². The normalized spacial score (nSPS) is 12.4. The molecule has 0 aliphatic rings. The van der Waals surface area contributed by atoms with Crippen LogP contribution < -0.4 is 5.32 Å². The van der Waals surface area contributed by atoms with Crippen molar-refractivity contribution in [1.82, 2.24) is 5.32 Å². The number of hydrogen-bond donors (Lipinski definition) is 1. The average Bonchev–Trinajstić information content (AvgIpc) is 2.39. The zero-order valence-corrected chi connectivity index (χ0v) is 12.1. The molecule has 2 aromatic rings. The van der Waals surface area contributed by atoms with Crippen LogP contribution in [0.2, 0.25) is 5.02 Å². The second kappa shape index (κ2) is 6.33. The summed E-state index contributed by atoms with van der Waals surface area (Å²) in [6, 6.07) is 9.10. The Morgan fingerprint density at radius 1 is 1.10 bits per heavy atom. The molecule has 0 aliphatic carbocycles. The van der Waals surface area contributed by atoms with E-state index in [-0.39, 0.29) is 17.7 Å². The van der Waals surface area contributed by atoms with Crippen LogP contribution in [0.5, 0.6) is 0 Å². The molecule has 2 rings (SSSR count). The van der Waals surface area contributed by atoms with Crippen molar-refractivity contribution < 1.29 is 8.78 Å². The van der Waals surface area contributed by atoms with Gasteiger partial charge in [-0.3, -0.25) is 0 Å². The molecule has 4 heteroatoms. The first-order valence-corrected chi connectivity index (χ1v) is 6.76. The average molecular weight is 296 g/mol. The number of rotatable bonds is 4. The number of hydrogen-bond acceptors (Lipinski definition) is 1. The maximum absolute atomic E-state index is 13.2. The monoisotopic (exact) mass is 295 g/mol. The molecule has 0 heterocycles. The van der Waals surface area contributed by atoms with Crippen LogP contribution in [0.15, 0.2) is 36.4 Å². The summed E-state index contributed by atoms with van der Waals surface area (Å²) in [6.45, 7) is 1.87. The summed E-state index contributed by atoms with van der Waals surface area (Å²) < 4.78 is 26.2. The van der Waals surface area contributed by atoms with Crippen LogP contribution in [0.3, 0.4) is 0 Å². The van der Waals surface area contributed by atoms with Crippen LogP contribution in [-0.2, 0) is 6.42 Å². The van der Waals surface area contributed by atoms with Gasteiger partial charge in [-0.05, 0) is 61.3 Å². The molecule has 0 amide bonds. The minimum atomic E-state index is -0.349. The quantitative estimate of drug-likeness (QED) is 0.880. The minimum absolute atomic E-state index is 0.00133. The van der Waals surface area contributed by atoms with Gasteiger partial charge in [0.1, 0.15) is 11.6 Å². The van der Waals surface area contributed by atoms with Crippen molar-refractivity contribution in [2.24, 2.45) is 0 Å². The van der Waals surface area contributed by atoms with E-state index >= 15 is 0 Å². The first-order chi connectivity index (χ1) is 9.51. The van der Waals surface area contributed by atoms with Gasteiger partial charge in [-0.25, -0.2) is 8.78 Å². The Morgan fingerprint density at radius 2 is 1.75 bits per heavy atom. The lowest BCUT2D eigenvalue weighted by atomic mass is 9.95. The second-order valence-electron chi connectivity index (χ2n) is 4.78. The molecule has 0 fully saturated rings. The molecule has 1 atom stereocenters. The number of likely N-dealkylation sites (N-methyl/N-ethyl adjacent to an activating group) is 1. The van der Waals surface area contributed by atoms with Crippen molar-refractivity contribution in [3.63, 3.8) is 0 Å². The molecule has 0 spiro atoms. The highest BCUT2D eigenvalue weighted by molar-refractivity contribution is 6.31. The Balaban J connectivity index is 2.28. The van der Waals surface area contributed by atoms with E-state index in [1.165, 1.54) is 24.3 Å². The third-order valence-electron chi connectivity index (χ3n) is 3.39. The van der Waals surface area contributed by atoms with Gasteiger partial charge in [0.05, 0.1) is 0 Å². The SMILES string of the molecule is CNC(Cc1ccc(F)cc1Cl)c1ccc(F)cc1C. The van der Waals surface area contributed by atoms with E-state index in [1.54, 1.807) is 12.1 Å². The molecule has 1 nitrogen and oxygen atoms in total. The third kappa shape index (κ3) is 3.35. The van der Waals surface area contributed by atoms with Gasteiger partial charge in [0.15, 0.2) is 0 Å². The van der Waals surface area contributed by atoms with Crippen LogP contribution in [0.1, 0.15) is 22.7 Å². The zero-order valence-electron chi connectivity index (χ0n) is 11.4. The Morgan fingerprint density at radius 3 is 2.35 bits per heavy atom. The van der Waals surface area contributed by atoms with Crippen LogP contribution in [-0.4, -0.2) is 7.05 Å². The Labute approximate surface area is 122 Å². The van der Waals surface area contributed by atoms with Crippen molar-refractivity contribution in [1.29, 1.82) is 0 Å². The first-order valence-electron chi connectivity index (χ1n) is 6.38. The summed E-state index contributed by atoms with van der Waals surface area (Å²) in [5, 5.41) is 3.60. The standard InChI is InChI=1S/C16H16ClF2N/c1-10-7-12(18)5-6-14(10)16(20-2)8-11-3-4-13(19)9-15(11)17/h3-7,9,16,20H,8H2,1-2H3. The summed E-state index contributed by atoms with van der Waals surface area (Å²) >= 11 is 6.06. The van der Waals surface area contributed by atoms with Crippen molar-refractivity contribution in [3.8, 4) is 0 Å². The lowest BCUT2D eigenvalue weighted by Crippen LogP contribution is -2.20. The van der Waals surface area contributed by atoms with Gasteiger partial charge in [-0.15, -0.1) is 0 Å². The molecule has 0 aromatic heterocycles. The molecular weight excluding hydrogens is 280 g/mol. The van der Waals surface area contributed by atoms with Crippen LogP contribution >= 0.6 is 11.6 Å². The lowest BCUT2D eigenvalue weighted by molar-refractivity contribution is 0.580. The maximum atomic E-state index is 13.2. The smallest absolute Gasteiger partial charge is 0.124 e. The number of benzene rings is 2. The van der Waals surface area contributed by atoms with Crippen molar-refractivity contribution >= 4 is 11.6 Å². The van der Waals surface area contributed by atoms with Crippen LogP contribution in [0.25, 0.3) is 0 Å². The molecule has 0 bridgehead atoms. The van der Waals surface area contributed by atoms with Crippen LogP contribution in [0.4, 0.5) is 8.78 Å². The van der Waals surface area contributed by atoms with Gasteiger partial charge in [0.2, 0.25) is 0 Å². The third-order valence-corrected chi connectivity index (χ3v) is 3.75. The van der Waals surface area contributed by atoms with Gasteiger partial charge in [-0.1, -0.05) is 23.7 Å². The topological polar surface area (TPSA) is 12.0 Å². The fourth-order valence-electron chi connectivity index (χ4n) is 2.30. The van der Waals surface area contributed by atoms with E-state index in [2.05, 4.69) is 5.32 Å². The summed E-state index contributed by atoms with van der Waals surface area (Å²) in [6.07, 6.45) is 0.613. The highest BCUT2D eigenvalue weighted by Crippen LogP contribution is 2.26. The summed E-state index contributed by atoms with van der Waals surface area (Å²) in [5.41, 5.74) is 2.74. The Hall–Kier alpha value is -1.45. The van der Waals surface area contributed by atoms with E-state index in [1.807, 2.05) is 14.0 Å². The molecule has 0 saturated heterocycles. The summed E-state index contributed by atoms with van der Waals surface area (Å²) in [4.78, 5) is 0. The molecule has 0 saturated carbocycles. The lowest BCUT2D eigenvalue weighted by Gasteiger charge is -2.19. The number of halogens is 3. The molecule has 1 N–H and O–H groups in total. The second-order valence-corrected chi connectivity index (χ2v) is 5.19. The van der Waals surface area contributed by atoms with E-state index in [0.717, 1.165) is 16.7 Å². The zero-order chi connectivity index (χ0) is 14.7. The van der Waals surface area contributed by atoms with E-state index in [9.17, 15) is 8.78 Å². The predicted octanol–water partition coefficient (Wildman–Crippen LogP) is 4.43. The fraction of sp³-hybridized carbons (Fsp3) is 0.250. The molecule has 0 aliphatic heterocycles. The molecular formula is C16H16ClF2N. The summed E-state index contributed by atoms with van der Waals surface area (Å²) in [5.74, 6) is -0.598. The molecule has 106 valence electrons. The van der Waals surface area contributed by atoms with Gasteiger partial charge in [0.25, 0.3) is 0 Å². The molecule has 0 radical (unpaired) electrons. The number of aryl methyl sites for hydroxylation is 1. The fourth-order valence-corrected chi connectivity index (χ4v) is 2.55. The van der Waals surface area contributed by atoms with Crippen molar-refractivity contribution in [2.45, 2.75) is 19.4 Å². The highest BCUT2D eigenvalue weighted by Gasteiger charge is 2.15. The van der Waals surface area contributed by atoms with Gasteiger partial charge < -0.3 is 5.32 Å². The van der Waals surface area contributed by atoms with Crippen molar-refractivity contribution in [3.05, 3.63) is 69.7 Å². The van der Waals surface area contributed by atoms with Gasteiger partial charge in [-0.2, -0.15) is 0 Å². The van der Waals surface area contributed by atoms with Gasteiger partial charge >= 0.3 is 0 Å². The van der Waals surface area contributed by atoms with Crippen molar-refractivity contribution in [2.75, 3.05) is 7.05 Å². The predicted molar refractivity (Wildman–Crippen MR) is 78.1 cm³/mol. The summed E-state index contributed by atoms with van der Waals surface area (Å²) in [7, 11) is 1.84. The highest BCUT2D eigenvalue weighted by atomic mass is 35.5. The Kier molecular flexibility index (Phi) is 4.73. The van der Waals surface area contributed by atoms with E-state index < -0.39 is 0 Å². The molecule has 2 aromatic carbocycles. The minimum Gasteiger partial charge on any atom is -0.313 e. The van der Waals surface area contributed by atoms with Crippen LogP contribution in [0, 0.1) is 18.6 Å². The maximum Gasteiger partial charge on any atom is 0.124 e. The number of nitrogens with one attached hydrogen (secondary N) is 1. The molecule has 20 heavy (non-hydrogen) atoms. The first kappa shape index (κ1) is 14.9.